The van der Waals surface area contributed by atoms with Gasteiger partial charge in [-0.2, -0.15) is 0 Å². The van der Waals surface area contributed by atoms with E-state index in [-0.39, 0.29) is 11.9 Å². The predicted molar refractivity (Wildman–Crippen MR) is 81.8 cm³/mol. The van der Waals surface area contributed by atoms with Crippen molar-refractivity contribution < 1.29 is 9.53 Å². The van der Waals surface area contributed by atoms with Gasteiger partial charge in [-0.05, 0) is 31.5 Å². The molecule has 1 saturated heterocycles. The van der Waals surface area contributed by atoms with Gasteiger partial charge in [0.25, 0.3) is 5.91 Å². The van der Waals surface area contributed by atoms with Crippen molar-refractivity contribution in [2.45, 2.75) is 25.6 Å². The smallest absolute Gasteiger partial charge is 0.256 e. The minimum Gasteiger partial charge on any atom is -0.354 e. The van der Waals surface area contributed by atoms with Crippen LogP contribution in [0.25, 0.3) is 0 Å². The van der Waals surface area contributed by atoms with Crippen LogP contribution in [-0.2, 0) is 4.74 Å². The van der Waals surface area contributed by atoms with Gasteiger partial charge in [0.1, 0.15) is 5.72 Å². The van der Waals surface area contributed by atoms with Gasteiger partial charge in [-0.1, -0.05) is 48.5 Å². The van der Waals surface area contributed by atoms with E-state index in [1.807, 2.05) is 79.4 Å². The van der Waals surface area contributed by atoms with E-state index in [2.05, 4.69) is 0 Å². The first-order valence-electron chi connectivity index (χ1n) is 7.17. The van der Waals surface area contributed by atoms with Crippen LogP contribution in [0.3, 0.4) is 0 Å². The standard InChI is InChI=1S/C18H19NO2/c1-18(2)19(17(20)15-11-7-4-8-12-15)16(13-21-18)14-9-5-3-6-10-14/h3-12,16H,13H2,1-2H3. The molecule has 1 amide bonds. The largest absolute Gasteiger partial charge is 0.354 e. The van der Waals surface area contributed by atoms with E-state index < -0.39 is 5.72 Å². The van der Waals surface area contributed by atoms with Crippen LogP contribution in [0.15, 0.2) is 60.7 Å². The number of rotatable bonds is 2. The van der Waals surface area contributed by atoms with Crippen molar-refractivity contribution in [3.05, 3.63) is 71.8 Å². The molecule has 1 fully saturated rings. The molecule has 2 aromatic carbocycles. The first kappa shape index (κ1) is 13.8. The minimum atomic E-state index is -0.604. The van der Waals surface area contributed by atoms with Crippen molar-refractivity contribution in [1.29, 1.82) is 0 Å². The Morgan fingerprint density at radius 2 is 1.62 bits per heavy atom. The summed E-state index contributed by atoms with van der Waals surface area (Å²) in [5, 5.41) is 0. The average molecular weight is 281 g/mol. The van der Waals surface area contributed by atoms with Crippen molar-refractivity contribution in [1.82, 2.24) is 4.90 Å². The molecule has 1 atom stereocenters. The van der Waals surface area contributed by atoms with Gasteiger partial charge in [-0.3, -0.25) is 4.79 Å². The molecule has 0 N–H and O–H groups in total. The normalized spacial score (nSPS) is 20.5. The highest BCUT2D eigenvalue weighted by atomic mass is 16.5. The first-order valence-corrected chi connectivity index (χ1v) is 7.17. The van der Waals surface area contributed by atoms with E-state index >= 15 is 0 Å². The zero-order valence-electron chi connectivity index (χ0n) is 12.3. The summed E-state index contributed by atoms with van der Waals surface area (Å²) >= 11 is 0. The minimum absolute atomic E-state index is 0.00644. The number of benzene rings is 2. The molecule has 3 heteroatoms. The summed E-state index contributed by atoms with van der Waals surface area (Å²) in [4.78, 5) is 14.7. The Bertz CT molecular complexity index is 622. The molecule has 1 aliphatic heterocycles. The molecular formula is C18H19NO2. The van der Waals surface area contributed by atoms with Gasteiger partial charge in [0, 0.05) is 5.56 Å². The lowest BCUT2D eigenvalue weighted by molar-refractivity contribution is -0.0403. The molecule has 0 aromatic heterocycles. The summed E-state index contributed by atoms with van der Waals surface area (Å²) in [6, 6.07) is 19.4. The second-order valence-electron chi connectivity index (χ2n) is 5.73. The second kappa shape index (κ2) is 5.34. The van der Waals surface area contributed by atoms with Gasteiger partial charge in [0.2, 0.25) is 0 Å². The Kier molecular flexibility index (Phi) is 3.52. The van der Waals surface area contributed by atoms with Crippen molar-refractivity contribution in [3.63, 3.8) is 0 Å². The molecule has 0 bridgehead atoms. The SMILES string of the molecule is CC1(C)OCC(c2ccccc2)N1C(=O)c1ccccc1. The highest BCUT2D eigenvalue weighted by molar-refractivity contribution is 5.95. The summed E-state index contributed by atoms with van der Waals surface area (Å²) in [6.45, 7) is 4.41. The molecule has 1 heterocycles. The summed E-state index contributed by atoms with van der Waals surface area (Å²) in [5.74, 6) is 0.00644. The summed E-state index contributed by atoms with van der Waals surface area (Å²) < 4.78 is 5.87. The number of amides is 1. The lowest BCUT2D eigenvalue weighted by Gasteiger charge is -2.34. The quantitative estimate of drug-likeness (QED) is 0.841. The Balaban J connectivity index is 1.98. The molecule has 0 aliphatic carbocycles. The first-order chi connectivity index (χ1) is 10.1. The maximum Gasteiger partial charge on any atom is 0.256 e. The number of hydrogen-bond donors (Lipinski definition) is 0. The Labute approximate surface area is 125 Å². The number of ether oxygens (including phenoxy) is 1. The van der Waals surface area contributed by atoms with E-state index in [1.54, 1.807) is 0 Å². The Morgan fingerprint density at radius 3 is 2.24 bits per heavy atom. The van der Waals surface area contributed by atoms with Gasteiger partial charge in [-0.25, -0.2) is 0 Å². The van der Waals surface area contributed by atoms with Crippen LogP contribution in [0, 0.1) is 0 Å². The van der Waals surface area contributed by atoms with E-state index in [0.29, 0.717) is 12.2 Å². The second-order valence-corrected chi connectivity index (χ2v) is 5.73. The van der Waals surface area contributed by atoms with Crippen molar-refractivity contribution in [3.8, 4) is 0 Å². The summed E-state index contributed by atoms with van der Waals surface area (Å²) in [7, 11) is 0. The van der Waals surface area contributed by atoms with Crippen molar-refractivity contribution in [2.24, 2.45) is 0 Å². The van der Waals surface area contributed by atoms with Crippen LogP contribution in [0.1, 0.15) is 35.8 Å². The molecule has 0 spiro atoms. The highest BCUT2D eigenvalue weighted by Gasteiger charge is 2.44. The summed E-state index contributed by atoms with van der Waals surface area (Å²) in [5.41, 5.74) is 1.19. The predicted octanol–water partition coefficient (Wildman–Crippen LogP) is 3.64. The molecule has 108 valence electrons. The van der Waals surface area contributed by atoms with Crippen LogP contribution >= 0.6 is 0 Å². The fourth-order valence-corrected chi connectivity index (χ4v) is 2.83. The Morgan fingerprint density at radius 1 is 1.05 bits per heavy atom. The molecule has 21 heavy (non-hydrogen) atoms. The molecule has 2 aromatic rings. The maximum absolute atomic E-state index is 12.9. The molecular weight excluding hydrogens is 262 g/mol. The van der Waals surface area contributed by atoms with Gasteiger partial charge >= 0.3 is 0 Å². The van der Waals surface area contributed by atoms with Crippen LogP contribution in [0.4, 0.5) is 0 Å². The third-order valence-electron chi connectivity index (χ3n) is 3.91. The fourth-order valence-electron chi connectivity index (χ4n) is 2.83. The van der Waals surface area contributed by atoms with Crippen molar-refractivity contribution >= 4 is 5.91 Å². The number of nitrogens with zero attached hydrogens (tertiary/aromatic N) is 1. The maximum atomic E-state index is 12.9. The van der Waals surface area contributed by atoms with Crippen LogP contribution in [0.2, 0.25) is 0 Å². The van der Waals surface area contributed by atoms with Crippen LogP contribution in [0.5, 0.6) is 0 Å². The third kappa shape index (κ3) is 2.57. The van der Waals surface area contributed by atoms with Gasteiger partial charge in [0.15, 0.2) is 0 Å². The van der Waals surface area contributed by atoms with Crippen LogP contribution < -0.4 is 0 Å². The zero-order chi connectivity index (χ0) is 14.9. The van der Waals surface area contributed by atoms with Gasteiger partial charge in [-0.15, -0.1) is 0 Å². The van der Waals surface area contributed by atoms with Crippen molar-refractivity contribution in [2.75, 3.05) is 6.61 Å². The molecule has 1 aliphatic rings. The molecule has 1 unspecified atom stereocenters. The monoisotopic (exact) mass is 281 g/mol. The van der Waals surface area contributed by atoms with Gasteiger partial charge in [0.05, 0.1) is 12.6 Å². The summed E-state index contributed by atoms with van der Waals surface area (Å²) in [6.07, 6.45) is 0. The van der Waals surface area contributed by atoms with E-state index in [1.165, 1.54) is 0 Å². The van der Waals surface area contributed by atoms with Crippen LogP contribution in [-0.4, -0.2) is 23.1 Å². The lowest BCUT2D eigenvalue weighted by Crippen LogP contribution is -2.44. The fraction of sp³-hybridized carbons (Fsp3) is 0.278. The average Bonchev–Trinajstić information content (AvgIpc) is 2.84. The topological polar surface area (TPSA) is 29.5 Å². The van der Waals surface area contributed by atoms with E-state index in [9.17, 15) is 4.79 Å². The molecule has 0 radical (unpaired) electrons. The highest BCUT2D eigenvalue weighted by Crippen LogP contribution is 2.37. The van der Waals surface area contributed by atoms with E-state index in [0.717, 1.165) is 5.56 Å². The molecule has 3 nitrogen and oxygen atoms in total. The molecule has 0 saturated carbocycles. The number of carbonyl (C=O) groups is 1. The number of hydrogen-bond acceptors (Lipinski definition) is 2. The zero-order valence-corrected chi connectivity index (χ0v) is 12.3. The third-order valence-corrected chi connectivity index (χ3v) is 3.91. The Hall–Kier alpha value is -2.13. The lowest BCUT2D eigenvalue weighted by atomic mass is 10.0. The molecule has 3 rings (SSSR count). The van der Waals surface area contributed by atoms with E-state index in [4.69, 9.17) is 4.74 Å². The number of carbonyl (C=O) groups excluding carboxylic acids is 1. The van der Waals surface area contributed by atoms with Gasteiger partial charge < -0.3 is 9.64 Å².